The monoisotopic (exact) mass is 323 g/mol. The summed E-state index contributed by atoms with van der Waals surface area (Å²) in [5.74, 6) is 1.03. The third-order valence-corrected chi connectivity index (χ3v) is 3.54. The number of methoxy groups -OCH3 is 1. The standard InChI is InChI=1S/C18H17N3O3/c1-12-4-3-9-19-16(12)17(22)20-10-14-11-24-18(21-14)13-5-7-15(23-2)8-6-13/h3-9,11H,10H2,1-2H3,(H,20,22). The van der Waals surface area contributed by atoms with E-state index in [0.29, 0.717) is 17.3 Å². The molecule has 3 aromatic rings. The highest BCUT2D eigenvalue weighted by atomic mass is 16.5. The largest absolute Gasteiger partial charge is 0.497 e. The minimum Gasteiger partial charge on any atom is -0.497 e. The number of rotatable bonds is 5. The number of aryl methyl sites for hydroxylation is 1. The van der Waals surface area contributed by atoms with E-state index in [2.05, 4.69) is 15.3 Å². The van der Waals surface area contributed by atoms with E-state index in [-0.39, 0.29) is 12.5 Å². The van der Waals surface area contributed by atoms with E-state index in [9.17, 15) is 4.79 Å². The van der Waals surface area contributed by atoms with Crippen molar-refractivity contribution in [2.75, 3.05) is 7.11 Å². The summed E-state index contributed by atoms with van der Waals surface area (Å²) in [5, 5.41) is 2.80. The highest BCUT2D eigenvalue weighted by Crippen LogP contribution is 2.21. The van der Waals surface area contributed by atoms with Gasteiger partial charge in [-0.25, -0.2) is 4.98 Å². The molecule has 0 fully saturated rings. The van der Waals surface area contributed by atoms with Gasteiger partial charge in [-0.15, -0.1) is 0 Å². The lowest BCUT2D eigenvalue weighted by Crippen LogP contribution is -2.24. The van der Waals surface area contributed by atoms with Crippen LogP contribution in [0.4, 0.5) is 0 Å². The zero-order valence-corrected chi connectivity index (χ0v) is 13.4. The number of oxazole rings is 1. The molecule has 122 valence electrons. The van der Waals surface area contributed by atoms with Crippen LogP contribution in [-0.2, 0) is 6.54 Å². The lowest BCUT2D eigenvalue weighted by Gasteiger charge is -2.04. The molecule has 0 radical (unpaired) electrons. The number of nitrogens with zero attached hydrogens (tertiary/aromatic N) is 2. The van der Waals surface area contributed by atoms with E-state index >= 15 is 0 Å². The van der Waals surface area contributed by atoms with Gasteiger partial charge in [-0.05, 0) is 42.8 Å². The van der Waals surface area contributed by atoms with Gasteiger partial charge in [0.05, 0.1) is 19.3 Å². The van der Waals surface area contributed by atoms with Crippen LogP contribution in [0.5, 0.6) is 5.75 Å². The molecule has 2 heterocycles. The van der Waals surface area contributed by atoms with Crippen LogP contribution in [0.2, 0.25) is 0 Å². The van der Waals surface area contributed by atoms with Crippen LogP contribution < -0.4 is 10.1 Å². The van der Waals surface area contributed by atoms with E-state index < -0.39 is 0 Å². The number of benzene rings is 1. The van der Waals surface area contributed by atoms with E-state index in [1.54, 1.807) is 19.4 Å². The molecule has 2 aromatic heterocycles. The molecule has 0 aliphatic heterocycles. The zero-order valence-electron chi connectivity index (χ0n) is 13.4. The van der Waals surface area contributed by atoms with Crippen molar-refractivity contribution in [2.24, 2.45) is 0 Å². The number of ether oxygens (including phenoxy) is 1. The van der Waals surface area contributed by atoms with Crippen molar-refractivity contribution < 1.29 is 13.9 Å². The van der Waals surface area contributed by atoms with Gasteiger partial charge in [0.25, 0.3) is 5.91 Å². The highest BCUT2D eigenvalue weighted by Gasteiger charge is 2.12. The predicted molar refractivity (Wildman–Crippen MR) is 88.6 cm³/mol. The molecule has 6 heteroatoms. The molecule has 1 amide bonds. The predicted octanol–water partition coefficient (Wildman–Crippen LogP) is 2.98. The molecule has 0 bridgehead atoms. The molecule has 0 saturated heterocycles. The summed E-state index contributed by atoms with van der Waals surface area (Å²) < 4.78 is 10.6. The van der Waals surface area contributed by atoms with Crippen LogP contribution in [0.3, 0.4) is 0 Å². The van der Waals surface area contributed by atoms with Crippen LogP contribution in [0.15, 0.2) is 53.3 Å². The fourth-order valence-electron chi connectivity index (χ4n) is 2.23. The number of aromatic nitrogens is 2. The normalized spacial score (nSPS) is 10.4. The Morgan fingerprint density at radius 3 is 2.75 bits per heavy atom. The molecule has 1 N–H and O–H groups in total. The van der Waals surface area contributed by atoms with Crippen molar-refractivity contribution >= 4 is 5.91 Å². The van der Waals surface area contributed by atoms with Crippen molar-refractivity contribution in [3.63, 3.8) is 0 Å². The van der Waals surface area contributed by atoms with Gasteiger partial charge in [0.1, 0.15) is 17.7 Å². The second kappa shape index (κ2) is 6.95. The second-order valence-electron chi connectivity index (χ2n) is 5.22. The third-order valence-electron chi connectivity index (χ3n) is 3.54. The Morgan fingerprint density at radius 1 is 1.25 bits per heavy atom. The Labute approximate surface area is 139 Å². The summed E-state index contributed by atoms with van der Waals surface area (Å²) in [5.41, 5.74) is 2.72. The van der Waals surface area contributed by atoms with Crippen LogP contribution >= 0.6 is 0 Å². The first kappa shape index (κ1) is 15.7. The molecule has 0 saturated carbocycles. The molecule has 0 aliphatic rings. The maximum absolute atomic E-state index is 12.1. The molecule has 0 aliphatic carbocycles. The third kappa shape index (κ3) is 3.43. The first-order valence-electron chi connectivity index (χ1n) is 7.46. The zero-order chi connectivity index (χ0) is 16.9. The Morgan fingerprint density at radius 2 is 2.04 bits per heavy atom. The van der Waals surface area contributed by atoms with Gasteiger partial charge in [0, 0.05) is 11.8 Å². The van der Waals surface area contributed by atoms with Crippen molar-refractivity contribution in [2.45, 2.75) is 13.5 Å². The molecule has 6 nitrogen and oxygen atoms in total. The number of pyridine rings is 1. The average molecular weight is 323 g/mol. The number of hydrogen-bond acceptors (Lipinski definition) is 5. The number of amides is 1. The summed E-state index contributed by atoms with van der Waals surface area (Å²) in [6.07, 6.45) is 3.13. The summed E-state index contributed by atoms with van der Waals surface area (Å²) in [4.78, 5) is 20.6. The van der Waals surface area contributed by atoms with Crippen molar-refractivity contribution in [3.8, 4) is 17.2 Å². The van der Waals surface area contributed by atoms with Crippen molar-refractivity contribution in [1.82, 2.24) is 15.3 Å². The number of hydrogen-bond donors (Lipinski definition) is 1. The quantitative estimate of drug-likeness (QED) is 0.781. The first-order chi connectivity index (χ1) is 11.7. The van der Waals surface area contributed by atoms with E-state index in [1.165, 1.54) is 6.26 Å². The Balaban J connectivity index is 1.66. The van der Waals surface area contributed by atoms with E-state index in [4.69, 9.17) is 9.15 Å². The summed E-state index contributed by atoms with van der Waals surface area (Å²) in [7, 11) is 1.62. The van der Waals surface area contributed by atoms with Gasteiger partial charge in [0.15, 0.2) is 0 Å². The molecule has 0 spiro atoms. The van der Waals surface area contributed by atoms with Crippen LogP contribution in [-0.4, -0.2) is 23.0 Å². The van der Waals surface area contributed by atoms with Gasteiger partial charge in [-0.3, -0.25) is 9.78 Å². The molecular formula is C18H17N3O3. The molecular weight excluding hydrogens is 306 g/mol. The minimum atomic E-state index is -0.234. The number of nitrogens with one attached hydrogen (secondary N) is 1. The molecule has 1 aromatic carbocycles. The summed E-state index contributed by atoms with van der Waals surface area (Å²) in [6.45, 7) is 2.12. The fourth-order valence-corrected chi connectivity index (χ4v) is 2.23. The molecule has 0 unspecified atom stereocenters. The van der Waals surface area contributed by atoms with Crippen molar-refractivity contribution in [1.29, 1.82) is 0 Å². The van der Waals surface area contributed by atoms with Crippen LogP contribution in [0.25, 0.3) is 11.5 Å². The highest BCUT2D eigenvalue weighted by molar-refractivity contribution is 5.93. The Bertz CT molecular complexity index is 841. The molecule has 3 rings (SSSR count). The summed E-state index contributed by atoms with van der Waals surface area (Å²) in [6, 6.07) is 11.1. The van der Waals surface area contributed by atoms with Crippen LogP contribution in [0.1, 0.15) is 21.7 Å². The van der Waals surface area contributed by atoms with Gasteiger partial charge >= 0.3 is 0 Å². The molecule has 0 atom stereocenters. The average Bonchev–Trinajstić information content (AvgIpc) is 3.09. The topological polar surface area (TPSA) is 77.2 Å². The Kier molecular flexibility index (Phi) is 4.56. The lowest BCUT2D eigenvalue weighted by molar-refractivity contribution is 0.0945. The number of carbonyl (C=O) groups is 1. The van der Waals surface area contributed by atoms with Crippen LogP contribution in [0, 0.1) is 6.92 Å². The molecule has 24 heavy (non-hydrogen) atoms. The van der Waals surface area contributed by atoms with Gasteiger partial charge in [-0.2, -0.15) is 0 Å². The van der Waals surface area contributed by atoms with Gasteiger partial charge in [0.2, 0.25) is 5.89 Å². The first-order valence-corrected chi connectivity index (χ1v) is 7.46. The maximum atomic E-state index is 12.1. The number of carbonyl (C=O) groups excluding carboxylic acids is 1. The smallest absolute Gasteiger partial charge is 0.270 e. The minimum absolute atomic E-state index is 0.234. The Hall–Kier alpha value is -3.15. The fraction of sp³-hybridized carbons (Fsp3) is 0.167. The van der Waals surface area contributed by atoms with Gasteiger partial charge < -0.3 is 14.5 Å². The van der Waals surface area contributed by atoms with E-state index in [1.807, 2.05) is 37.3 Å². The van der Waals surface area contributed by atoms with Gasteiger partial charge in [-0.1, -0.05) is 6.07 Å². The van der Waals surface area contributed by atoms with E-state index in [0.717, 1.165) is 16.9 Å². The summed E-state index contributed by atoms with van der Waals surface area (Å²) >= 11 is 0. The van der Waals surface area contributed by atoms with Crippen molar-refractivity contribution in [3.05, 3.63) is 65.8 Å². The maximum Gasteiger partial charge on any atom is 0.270 e. The SMILES string of the molecule is COc1ccc(-c2nc(CNC(=O)c3ncccc3C)co2)cc1. The second-order valence-corrected chi connectivity index (χ2v) is 5.22. The lowest BCUT2D eigenvalue weighted by atomic mass is 10.2.